The van der Waals surface area contributed by atoms with Gasteiger partial charge in [0.2, 0.25) is 0 Å². The lowest BCUT2D eigenvalue weighted by Gasteiger charge is -2.34. The molecule has 1 atom stereocenters. The topological polar surface area (TPSA) is 12.0 Å². The lowest BCUT2D eigenvalue weighted by Crippen LogP contribution is -2.31. The molecule has 1 nitrogen and oxygen atoms in total. The third-order valence-corrected chi connectivity index (χ3v) is 4.85. The van der Waals surface area contributed by atoms with Crippen molar-refractivity contribution in [2.24, 2.45) is 11.8 Å². The number of nitrogens with one attached hydrogen (secondary N) is 1. The summed E-state index contributed by atoms with van der Waals surface area (Å²) in [4.78, 5) is 0. The van der Waals surface area contributed by atoms with Crippen molar-refractivity contribution < 1.29 is 0 Å². The van der Waals surface area contributed by atoms with Gasteiger partial charge in [0.05, 0.1) is 0 Å². The van der Waals surface area contributed by atoms with Crippen molar-refractivity contribution >= 4 is 11.6 Å². The van der Waals surface area contributed by atoms with Gasteiger partial charge in [0.15, 0.2) is 0 Å². The van der Waals surface area contributed by atoms with Crippen LogP contribution < -0.4 is 5.32 Å². The van der Waals surface area contributed by atoms with E-state index in [9.17, 15) is 0 Å². The maximum Gasteiger partial charge on any atom is 0.0406 e. The van der Waals surface area contributed by atoms with Gasteiger partial charge in [-0.25, -0.2) is 0 Å². The lowest BCUT2D eigenvalue weighted by molar-refractivity contribution is 0.220. The minimum Gasteiger partial charge on any atom is -0.310 e. The quantitative estimate of drug-likeness (QED) is 0.780. The molecule has 1 aromatic rings. The monoisotopic (exact) mass is 279 g/mol. The summed E-state index contributed by atoms with van der Waals surface area (Å²) in [6, 6.07) is 8.89. The van der Waals surface area contributed by atoms with Gasteiger partial charge in [0, 0.05) is 11.1 Å². The zero-order chi connectivity index (χ0) is 13.7. The molecule has 0 bridgehead atoms. The molecule has 0 spiro atoms. The van der Waals surface area contributed by atoms with Crippen LogP contribution in [-0.2, 0) is 0 Å². The zero-order valence-electron chi connectivity index (χ0n) is 12.2. The van der Waals surface area contributed by atoms with Crippen LogP contribution in [0, 0.1) is 11.8 Å². The van der Waals surface area contributed by atoms with E-state index >= 15 is 0 Å². The number of hydrogen-bond acceptors (Lipinski definition) is 1. The van der Waals surface area contributed by atoms with Crippen LogP contribution in [0.25, 0.3) is 0 Å². The van der Waals surface area contributed by atoms with Crippen molar-refractivity contribution in [2.75, 3.05) is 6.54 Å². The average Bonchev–Trinajstić information content (AvgIpc) is 2.46. The summed E-state index contributed by atoms with van der Waals surface area (Å²) < 4.78 is 0. The van der Waals surface area contributed by atoms with Crippen molar-refractivity contribution in [1.82, 2.24) is 5.32 Å². The molecule has 1 saturated carbocycles. The Kier molecular flexibility index (Phi) is 5.72. The van der Waals surface area contributed by atoms with Crippen LogP contribution >= 0.6 is 11.6 Å². The highest BCUT2D eigenvalue weighted by Crippen LogP contribution is 2.38. The van der Waals surface area contributed by atoms with Gasteiger partial charge >= 0.3 is 0 Å². The van der Waals surface area contributed by atoms with Gasteiger partial charge in [-0.1, -0.05) is 56.8 Å². The first kappa shape index (κ1) is 14.9. The molecule has 0 saturated heterocycles. The minimum atomic E-state index is 0.500. The molecule has 0 aromatic heterocycles. The molecule has 1 aromatic carbocycles. The van der Waals surface area contributed by atoms with E-state index < -0.39 is 0 Å². The highest BCUT2D eigenvalue weighted by Gasteiger charge is 2.27. The summed E-state index contributed by atoms with van der Waals surface area (Å²) in [6.45, 7) is 5.55. The average molecular weight is 280 g/mol. The number of hydrogen-bond donors (Lipinski definition) is 1. The predicted molar refractivity (Wildman–Crippen MR) is 83.6 cm³/mol. The fourth-order valence-corrected chi connectivity index (χ4v) is 3.50. The maximum atomic E-state index is 6.00. The first-order valence-corrected chi connectivity index (χ1v) is 8.11. The second-order valence-electron chi connectivity index (χ2n) is 5.78. The standard InChI is InChI=1S/C17H26ClN/c1-3-13-5-7-14(8-6-13)17(19-4-2)15-9-11-16(18)12-10-15/h9-14,17,19H,3-8H2,1-2H3. The molecule has 1 aliphatic carbocycles. The fraction of sp³-hybridized carbons (Fsp3) is 0.647. The van der Waals surface area contributed by atoms with E-state index in [0.717, 1.165) is 23.4 Å². The smallest absolute Gasteiger partial charge is 0.0406 e. The number of halogens is 1. The van der Waals surface area contributed by atoms with Crippen LogP contribution in [0.5, 0.6) is 0 Å². The first-order chi connectivity index (χ1) is 9.24. The van der Waals surface area contributed by atoms with Crippen molar-refractivity contribution in [3.8, 4) is 0 Å². The molecular formula is C17H26ClN. The molecule has 106 valence electrons. The van der Waals surface area contributed by atoms with E-state index in [2.05, 4.69) is 31.3 Å². The molecule has 1 N–H and O–H groups in total. The SMILES string of the molecule is CCNC(c1ccc(Cl)cc1)C1CCC(CC)CC1. The molecule has 0 amide bonds. The summed E-state index contributed by atoms with van der Waals surface area (Å²) >= 11 is 6.00. The Labute approximate surface area is 122 Å². The summed E-state index contributed by atoms with van der Waals surface area (Å²) in [5, 5.41) is 4.51. The predicted octanol–water partition coefficient (Wildman–Crippen LogP) is 5.21. The number of benzene rings is 1. The van der Waals surface area contributed by atoms with Crippen LogP contribution in [0.15, 0.2) is 24.3 Å². The second kappa shape index (κ2) is 7.31. The van der Waals surface area contributed by atoms with Crippen molar-refractivity contribution in [1.29, 1.82) is 0 Å². The molecule has 2 heteroatoms. The Morgan fingerprint density at radius 2 is 1.74 bits per heavy atom. The van der Waals surface area contributed by atoms with E-state index in [1.807, 2.05) is 12.1 Å². The Bertz CT molecular complexity index is 365. The van der Waals surface area contributed by atoms with Crippen LogP contribution in [-0.4, -0.2) is 6.54 Å². The fourth-order valence-electron chi connectivity index (χ4n) is 3.38. The normalized spacial score (nSPS) is 25.2. The lowest BCUT2D eigenvalue weighted by atomic mass is 9.76. The van der Waals surface area contributed by atoms with E-state index in [0.29, 0.717) is 6.04 Å². The largest absolute Gasteiger partial charge is 0.310 e. The molecule has 1 unspecified atom stereocenters. The Balaban J connectivity index is 2.05. The summed E-state index contributed by atoms with van der Waals surface area (Å²) in [6.07, 6.45) is 6.87. The Morgan fingerprint density at radius 3 is 2.26 bits per heavy atom. The van der Waals surface area contributed by atoms with Gasteiger partial charge in [-0.3, -0.25) is 0 Å². The molecule has 0 radical (unpaired) electrons. The Hall–Kier alpha value is -0.530. The molecule has 19 heavy (non-hydrogen) atoms. The van der Waals surface area contributed by atoms with E-state index in [4.69, 9.17) is 11.6 Å². The maximum absolute atomic E-state index is 6.00. The van der Waals surface area contributed by atoms with Crippen LogP contribution in [0.1, 0.15) is 57.6 Å². The third kappa shape index (κ3) is 3.97. The molecule has 0 heterocycles. The summed E-state index contributed by atoms with van der Waals surface area (Å²) in [5.41, 5.74) is 1.39. The van der Waals surface area contributed by atoms with Crippen molar-refractivity contribution in [3.63, 3.8) is 0 Å². The highest BCUT2D eigenvalue weighted by molar-refractivity contribution is 6.30. The van der Waals surface area contributed by atoms with Gasteiger partial charge in [0.1, 0.15) is 0 Å². The summed E-state index contributed by atoms with van der Waals surface area (Å²) in [7, 11) is 0. The van der Waals surface area contributed by atoms with E-state index in [1.54, 1.807) is 0 Å². The molecular weight excluding hydrogens is 254 g/mol. The zero-order valence-corrected chi connectivity index (χ0v) is 12.9. The van der Waals surface area contributed by atoms with Gasteiger partial charge in [-0.05, 0) is 48.9 Å². The molecule has 1 fully saturated rings. The highest BCUT2D eigenvalue weighted by atomic mass is 35.5. The van der Waals surface area contributed by atoms with Crippen molar-refractivity contribution in [2.45, 2.75) is 52.0 Å². The molecule has 0 aliphatic heterocycles. The van der Waals surface area contributed by atoms with Crippen LogP contribution in [0.2, 0.25) is 5.02 Å². The van der Waals surface area contributed by atoms with Crippen LogP contribution in [0.3, 0.4) is 0 Å². The van der Waals surface area contributed by atoms with Crippen molar-refractivity contribution in [3.05, 3.63) is 34.9 Å². The third-order valence-electron chi connectivity index (χ3n) is 4.59. The van der Waals surface area contributed by atoms with E-state index in [1.165, 1.54) is 37.7 Å². The van der Waals surface area contributed by atoms with Gasteiger partial charge < -0.3 is 5.32 Å². The number of rotatable bonds is 5. The van der Waals surface area contributed by atoms with Gasteiger partial charge in [-0.2, -0.15) is 0 Å². The van der Waals surface area contributed by atoms with Gasteiger partial charge in [0.25, 0.3) is 0 Å². The van der Waals surface area contributed by atoms with E-state index in [-0.39, 0.29) is 0 Å². The minimum absolute atomic E-state index is 0.500. The summed E-state index contributed by atoms with van der Waals surface area (Å²) in [5.74, 6) is 1.74. The molecule has 1 aliphatic rings. The van der Waals surface area contributed by atoms with Crippen LogP contribution in [0.4, 0.5) is 0 Å². The second-order valence-corrected chi connectivity index (χ2v) is 6.21. The van der Waals surface area contributed by atoms with Gasteiger partial charge in [-0.15, -0.1) is 0 Å². The first-order valence-electron chi connectivity index (χ1n) is 7.73. The molecule has 2 rings (SSSR count). The Morgan fingerprint density at radius 1 is 1.11 bits per heavy atom.